The number of fused-ring (bicyclic) bond motifs is 1. The molecule has 2 N–H and O–H groups in total. The number of ether oxygens (including phenoxy) is 1. The van der Waals surface area contributed by atoms with E-state index in [9.17, 15) is 4.79 Å². The molecule has 0 saturated heterocycles. The van der Waals surface area contributed by atoms with Crippen LogP contribution in [0.3, 0.4) is 0 Å². The fourth-order valence-electron chi connectivity index (χ4n) is 3.24. The van der Waals surface area contributed by atoms with Crippen molar-refractivity contribution in [1.29, 1.82) is 0 Å². The molecule has 0 aromatic heterocycles. The van der Waals surface area contributed by atoms with Crippen molar-refractivity contribution in [2.24, 2.45) is 10.9 Å². The van der Waals surface area contributed by atoms with Crippen LogP contribution in [0.15, 0.2) is 47.5 Å². The van der Waals surface area contributed by atoms with Crippen LogP contribution in [-0.4, -0.2) is 11.9 Å². The molecule has 1 amide bonds. The highest BCUT2D eigenvalue weighted by molar-refractivity contribution is 5.95. The number of benzene rings is 2. The molecule has 2 aromatic rings. The average Bonchev–Trinajstić information content (AvgIpc) is 3.55. The van der Waals surface area contributed by atoms with Crippen molar-refractivity contribution in [1.82, 2.24) is 0 Å². The van der Waals surface area contributed by atoms with E-state index in [2.05, 4.69) is 33.8 Å². The normalized spacial score (nSPS) is 18.4. The van der Waals surface area contributed by atoms with Crippen molar-refractivity contribution in [2.45, 2.75) is 38.2 Å². The summed E-state index contributed by atoms with van der Waals surface area (Å²) in [6.45, 7) is 0.441. The highest BCUT2D eigenvalue weighted by Crippen LogP contribution is 2.40. The number of rotatable bonds is 4. The molecule has 5 nitrogen and oxygen atoms in total. The zero-order valence-corrected chi connectivity index (χ0v) is 14.5. The summed E-state index contributed by atoms with van der Waals surface area (Å²) >= 11 is 0. The maximum atomic E-state index is 11.9. The molecule has 5 heteroatoms. The monoisotopic (exact) mass is 347 g/mol. The summed E-state index contributed by atoms with van der Waals surface area (Å²) in [7, 11) is 0. The number of anilines is 2. The second-order valence-corrected chi connectivity index (χ2v) is 7.34. The number of amides is 1. The lowest BCUT2D eigenvalue weighted by atomic mass is 10.1. The van der Waals surface area contributed by atoms with Gasteiger partial charge < -0.3 is 15.4 Å². The van der Waals surface area contributed by atoms with E-state index in [-0.39, 0.29) is 11.8 Å². The molecule has 0 radical (unpaired) electrons. The van der Waals surface area contributed by atoms with Gasteiger partial charge in [-0.1, -0.05) is 12.1 Å². The highest BCUT2D eigenvalue weighted by Gasteiger charge is 2.29. The fourth-order valence-corrected chi connectivity index (χ4v) is 3.24. The first-order chi connectivity index (χ1) is 12.7. The zero-order chi connectivity index (χ0) is 17.5. The number of carbonyl (C=O) groups excluding carboxylic acids is 1. The number of aliphatic imine (C=N–C) groups is 1. The lowest BCUT2D eigenvalue weighted by Crippen LogP contribution is -2.19. The van der Waals surface area contributed by atoms with Crippen LogP contribution in [0.5, 0.6) is 0 Å². The summed E-state index contributed by atoms with van der Waals surface area (Å²) in [4.78, 5) is 16.5. The Morgan fingerprint density at radius 2 is 1.92 bits per heavy atom. The predicted octanol–water partition coefficient (Wildman–Crippen LogP) is 4.54. The minimum absolute atomic E-state index is 0.114. The molecule has 0 bridgehead atoms. The van der Waals surface area contributed by atoms with Crippen LogP contribution < -0.4 is 10.6 Å². The van der Waals surface area contributed by atoms with Crippen LogP contribution in [0.1, 0.15) is 42.7 Å². The Balaban J connectivity index is 1.31. The smallest absolute Gasteiger partial charge is 0.294 e. The summed E-state index contributed by atoms with van der Waals surface area (Å²) in [5.74, 6) is 1.03. The molecular formula is C21H21N3O2. The van der Waals surface area contributed by atoms with Crippen molar-refractivity contribution in [3.63, 3.8) is 0 Å². The predicted molar refractivity (Wildman–Crippen MR) is 102 cm³/mol. The van der Waals surface area contributed by atoms with E-state index in [1.54, 1.807) is 0 Å². The van der Waals surface area contributed by atoms with Crippen LogP contribution in [0, 0.1) is 5.92 Å². The Morgan fingerprint density at radius 3 is 2.73 bits per heavy atom. The van der Waals surface area contributed by atoms with Gasteiger partial charge in [0.05, 0.1) is 5.69 Å². The van der Waals surface area contributed by atoms with Gasteiger partial charge in [-0.05, 0) is 67.5 Å². The van der Waals surface area contributed by atoms with Gasteiger partial charge in [0.25, 0.3) is 6.02 Å². The van der Waals surface area contributed by atoms with Gasteiger partial charge in [-0.2, -0.15) is 4.99 Å². The molecule has 132 valence electrons. The first-order valence-electron chi connectivity index (χ1n) is 9.27. The summed E-state index contributed by atoms with van der Waals surface area (Å²) in [5, 5.41) is 6.24. The van der Waals surface area contributed by atoms with Gasteiger partial charge in [-0.3, -0.25) is 4.79 Å². The summed E-state index contributed by atoms with van der Waals surface area (Å²) in [5.41, 5.74) is 5.05. The molecule has 2 saturated carbocycles. The lowest BCUT2D eigenvalue weighted by Gasteiger charge is -2.19. The average molecular weight is 347 g/mol. The Hall–Kier alpha value is -2.82. The molecule has 5 rings (SSSR count). The first-order valence-corrected chi connectivity index (χ1v) is 9.27. The molecule has 0 spiro atoms. The molecule has 2 aliphatic carbocycles. The van der Waals surface area contributed by atoms with Crippen LogP contribution in [0.2, 0.25) is 0 Å². The zero-order valence-electron chi connectivity index (χ0n) is 14.5. The molecular weight excluding hydrogens is 326 g/mol. The number of carbonyl (C=O) groups is 1. The number of nitrogens with one attached hydrogen (secondary N) is 2. The van der Waals surface area contributed by atoms with Gasteiger partial charge in [0, 0.05) is 22.9 Å². The minimum atomic E-state index is 0.114. The van der Waals surface area contributed by atoms with Crippen molar-refractivity contribution >= 4 is 29.0 Å². The van der Waals surface area contributed by atoms with E-state index < -0.39 is 0 Å². The number of amidine groups is 1. The van der Waals surface area contributed by atoms with Gasteiger partial charge in [0.1, 0.15) is 6.61 Å². The van der Waals surface area contributed by atoms with Crippen molar-refractivity contribution in [2.75, 3.05) is 10.6 Å². The minimum Gasteiger partial charge on any atom is -0.460 e. The number of hydrogen-bond acceptors (Lipinski definition) is 4. The maximum Gasteiger partial charge on any atom is 0.294 e. The van der Waals surface area contributed by atoms with E-state index in [4.69, 9.17) is 4.74 Å². The summed E-state index contributed by atoms with van der Waals surface area (Å²) in [6.07, 6.45) is 4.57. The highest BCUT2D eigenvalue weighted by atomic mass is 16.5. The van der Waals surface area contributed by atoms with Crippen LogP contribution in [0.4, 0.5) is 17.1 Å². The maximum absolute atomic E-state index is 11.9. The quantitative estimate of drug-likeness (QED) is 0.853. The fraction of sp³-hybridized carbons (Fsp3) is 0.333. The Bertz CT molecular complexity index is 898. The van der Waals surface area contributed by atoms with Crippen molar-refractivity contribution in [3.05, 3.63) is 53.6 Å². The number of hydrogen-bond donors (Lipinski definition) is 2. The third-order valence-corrected chi connectivity index (χ3v) is 5.07. The molecule has 2 aromatic carbocycles. The Labute approximate surface area is 152 Å². The van der Waals surface area contributed by atoms with E-state index in [0.29, 0.717) is 12.6 Å². The van der Waals surface area contributed by atoms with Crippen LogP contribution in [0.25, 0.3) is 0 Å². The molecule has 2 fully saturated rings. The van der Waals surface area contributed by atoms with Crippen LogP contribution >= 0.6 is 0 Å². The molecule has 1 heterocycles. The standard InChI is InChI=1S/C21H21N3O2/c25-20(14-6-7-14)22-18-8-9-19-16(11-18)12-26-21(24-19)23-17-3-1-2-15(10-17)13-4-5-13/h1-3,8-11,13-14H,4-7,12H2,(H,22,25)(H,23,24). The Morgan fingerprint density at radius 1 is 1.04 bits per heavy atom. The molecule has 0 unspecified atom stereocenters. The van der Waals surface area contributed by atoms with Gasteiger partial charge in [0.2, 0.25) is 5.91 Å². The first kappa shape index (κ1) is 15.4. The Kier molecular flexibility index (Phi) is 3.66. The number of nitrogens with zero attached hydrogens (tertiary/aromatic N) is 1. The van der Waals surface area contributed by atoms with Crippen molar-refractivity contribution in [3.8, 4) is 0 Å². The molecule has 0 atom stereocenters. The van der Waals surface area contributed by atoms with Gasteiger partial charge in [0.15, 0.2) is 0 Å². The van der Waals surface area contributed by atoms with Gasteiger partial charge in [-0.15, -0.1) is 0 Å². The topological polar surface area (TPSA) is 62.7 Å². The van der Waals surface area contributed by atoms with Crippen LogP contribution in [-0.2, 0) is 16.1 Å². The second kappa shape index (κ2) is 6.16. The third kappa shape index (κ3) is 3.29. The van der Waals surface area contributed by atoms with Crippen molar-refractivity contribution < 1.29 is 9.53 Å². The van der Waals surface area contributed by atoms with E-state index in [1.165, 1.54) is 18.4 Å². The van der Waals surface area contributed by atoms with E-state index in [1.807, 2.05) is 24.3 Å². The van der Waals surface area contributed by atoms with E-state index >= 15 is 0 Å². The summed E-state index contributed by atoms with van der Waals surface area (Å²) in [6, 6.07) is 14.8. The third-order valence-electron chi connectivity index (χ3n) is 5.07. The van der Waals surface area contributed by atoms with Gasteiger partial charge >= 0.3 is 0 Å². The van der Waals surface area contributed by atoms with Gasteiger partial charge in [-0.25, -0.2) is 0 Å². The molecule has 1 aliphatic heterocycles. The summed E-state index contributed by atoms with van der Waals surface area (Å²) < 4.78 is 5.77. The molecule has 26 heavy (non-hydrogen) atoms. The largest absolute Gasteiger partial charge is 0.460 e. The molecule has 3 aliphatic rings. The lowest BCUT2D eigenvalue weighted by molar-refractivity contribution is -0.117. The second-order valence-electron chi connectivity index (χ2n) is 7.34. The van der Waals surface area contributed by atoms with E-state index in [0.717, 1.165) is 41.4 Å². The SMILES string of the molecule is O=C(Nc1ccc2c(c1)COC(Nc1cccc(C3CC3)c1)=N2)C1CC1.